The van der Waals surface area contributed by atoms with Gasteiger partial charge in [-0.3, -0.25) is 9.69 Å². The van der Waals surface area contributed by atoms with Gasteiger partial charge in [0.25, 0.3) is 5.91 Å². The molecular weight excluding hydrogens is 412 g/mol. The van der Waals surface area contributed by atoms with Crippen LogP contribution in [0, 0.1) is 6.92 Å². The fourth-order valence-corrected chi connectivity index (χ4v) is 4.25. The van der Waals surface area contributed by atoms with Crippen molar-refractivity contribution in [2.24, 2.45) is 0 Å². The molecule has 172 valence electrons. The van der Waals surface area contributed by atoms with Gasteiger partial charge in [-0.15, -0.1) is 0 Å². The zero-order valence-corrected chi connectivity index (χ0v) is 19.4. The van der Waals surface area contributed by atoms with E-state index < -0.39 is 0 Å². The second-order valence-corrected chi connectivity index (χ2v) is 8.60. The van der Waals surface area contributed by atoms with Crippen LogP contribution in [0.15, 0.2) is 78.9 Å². The van der Waals surface area contributed by atoms with E-state index in [0.717, 1.165) is 35.4 Å². The van der Waals surface area contributed by atoms with Crippen LogP contribution < -0.4 is 4.74 Å². The maximum Gasteiger partial charge on any atom is 0.253 e. The first-order valence-corrected chi connectivity index (χ1v) is 11.5. The van der Waals surface area contributed by atoms with Crippen LogP contribution in [0.4, 0.5) is 0 Å². The van der Waals surface area contributed by atoms with E-state index >= 15 is 0 Å². The smallest absolute Gasteiger partial charge is 0.253 e. The van der Waals surface area contributed by atoms with Crippen LogP contribution in [-0.2, 0) is 17.7 Å². The average molecular weight is 445 g/mol. The van der Waals surface area contributed by atoms with Crippen LogP contribution in [0.25, 0.3) is 0 Å². The lowest BCUT2D eigenvalue weighted by Crippen LogP contribution is -2.50. The number of hydrogen-bond acceptors (Lipinski definition) is 4. The van der Waals surface area contributed by atoms with Crippen molar-refractivity contribution in [3.8, 4) is 5.75 Å². The first-order chi connectivity index (χ1) is 16.1. The minimum absolute atomic E-state index is 0.0555. The molecule has 5 heteroatoms. The Morgan fingerprint density at radius 2 is 1.76 bits per heavy atom. The molecule has 3 aromatic carbocycles. The van der Waals surface area contributed by atoms with Crippen molar-refractivity contribution >= 4 is 5.91 Å². The highest BCUT2D eigenvalue weighted by atomic mass is 16.5. The van der Waals surface area contributed by atoms with Gasteiger partial charge >= 0.3 is 0 Å². The summed E-state index contributed by atoms with van der Waals surface area (Å²) in [5, 5.41) is 0. The fraction of sp³-hybridized carbons (Fsp3) is 0.321. The van der Waals surface area contributed by atoms with Crippen molar-refractivity contribution in [1.82, 2.24) is 9.80 Å². The molecule has 1 aliphatic heterocycles. The van der Waals surface area contributed by atoms with Gasteiger partial charge in [0.2, 0.25) is 0 Å². The van der Waals surface area contributed by atoms with Crippen molar-refractivity contribution in [1.29, 1.82) is 0 Å². The average Bonchev–Trinajstić information content (AvgIpc) is 2.84. The van der Waals surface area contributed by atoms with Gasteiger partial charge in [0.1, 0.15) is 5.75 Å². The van der Waals surface area contributed by atoms with E-state index in [0.29, 0.717) is 26.4 Å². The van der Waals surface area contributed by atoms with Gasteiger partial charge in [0.05, 0.1) is 20.4 Å². The summed E-state index contributed by atoms with van der Waals surface area (Å²) < 4.78 is 11.4. The van der Waals surface area contributed by atoms with E-state index in [2.05, 4.69) is 41.3 Å². The van der Waals surface area contributed by atoms with Crippen molar-refractivity contribution in [2.45, 2.75) is 25.9 Å². The lowest BCUT2D eigenvalue weighted by Gasteiger charge is -2.38. The molecule has 5 nitrogen and oxygen atoms in total. The van der Waals surface area contributed by atoms with Gasteiger partial charge in [-0.25, -0.2) is 0 Å². The molecule has 1 atom stereocenters. The van der Waals surface area contributed by atoms with E-state index in [4.69, 9.17) is 9.47 Å². The molecule has 0 bridgehead atoms. The molecule has 0 spiro atoms. The molecule has 1 heterocycles. The molecule has 0 unspecified atom stereocenters. The lowest BCUT2D eigenvalue weighted by atomic mass is 10.0. The van der Waals surface area contributed by atoms with Crippen LogP contribution in [0.3, 0.4) is 0 Å². The Kier molecular flexibility index (Phi) is 7.76. The number of nitrogens with zero attached hydrogens (tertiary/aromatic N) is 2. The highest BCUT2D eigenvalue weighted by molar-refractivity contribution is 5.94. The molecule has 3 aromatic rings. The predicted molar refractivity (Wildman–Crippen MR) is 130 cm³/mol. The van der Waals surface area contributed by atoms with Crippen molar-refractivity contribution in [3.05, 3.63) is 101 Å². The first kappa shape index (κ1) is 23.0. The third-order valence-electron chi connectivity index (χ3n) is 6.13. The van der Waals surface area contributed by atoms with Crippen LogP contribution in [0.5, 0.6) is 5.75 Å². The normalized spacial score (nSPS) is 17.3. The van der Waals surface area contributed by atoms with E-state index in [1.165, 1.54) is 5.56 Å². The molecule has 4 rings (SSSR count). The number of amides is 1. The fourth-order valence-electron chi connectivity index (χ4n) is 4.25. The molecule has 1 amide bonds. The molecule has 0 radical (unpaired) electrons. The SMILES string of the molecule is COc1cccc(CN2COCCN(C(=O)c3ccc(C)cc3)C[C@@H]2Cc2ccccc2)c1. The molecule has 1 aliphatic rings. The van der Waals surface area contributed by atoms with E-state index in [-0.39, 0.29) is 11.9 Å². The number of carbonyl (C=O) groups excluding carboxylic acids is 1. The summed E-state index contributed by atoms with van der Waals surface area (Å²) >= 11 is 0. The number of aryl methyl sites for hydroxylation is 1. The Labute approximate surface area is 196 Å². The summed E-state index contributed by atoms with van der Waals surface area (Å²) in [5.74, 6) is 0.899. The van der Waals surface area contributed by atoms with E-state index in [1.54, 1.807) is 7.11 Å². The maximum absolute atomic E-state index is 13.4. The molecule has 1 saturated heterocycles. The van der Waals surface area contributed by atoms with Gasteiger partial charge in [-0.05, 0) is 48.7 Å². The molecule has 1 fully saturated rings. The lowest BCUT2D eigenvalue weighted by molar-refractivity contribution is -0.0343. The number of hydrogen-bond donors (Lipinski definition) is 0. The summed E-state index contributed by atoms with van der Waals surface area (Å²) in [7, 11) is 1.69. The summed E-state index contributed by atoms with van der Waals surface area (Å²) in [6, 6.07) is 26.5. The molecule has 0 aliphatic carbocycles. The molecule has 0 aromatic heterocycles. The second kappa shape index (κ2) is 11.1. The Morgan fingerprint density at radius 3 is 2.52 bits per heavy atom. The van der Waals surface area contributed by atoms with E-state index in [1.807, 2.05) is 54.3 Å². The maximum atomic E-state index is 13.4. The largest absolute Gasteiger partial charge is 0.497 e. The minimum atomic E-state index is 0.0555. The third-order valence-corrected chi connectivity index (χ3v) is 6.13. The van der Waals surface area contributed by atoms with Crippen LogP contribution in [0.2, 0.25) is 0 Å². The summed E-state index contributed by atoms with van der Waals surface area (Å²) in [4.78, 5) is 17.6. The van der Waals surface area contributed by atoms with Crippen LogP contribution >= 0.6 is 0 Å². The Balaban J connectivity index is 1.59. The molecular formula is C28H32N2O3. The van der Waals surface area contributed by atoms with Crippen LogP contribution in [-0.4, -0.2) is 55.3 Å². The summed E-state index contributed by atoms with van der Waals surface area (Å²) in [6.45, 7) is 5.04. The van der Waals surface area contributed by atoms with Gasteiger partial charge in [0.15, 0.2) is 0 Å². The zero-order chi connectivity index (χ0) is 23.0. The Morgan fingerprint density at radius 1 is 1.00 bits per heavy atom. The molecule has 33 heavy (non-hydrogen) atoms. The van der Waals surface area contributed by atoms with Gasteiger partial charge in [-0.2, -0.15) is 0 Å². The minimum Gasteiger partial charge on any atom is -0.497 e. The highest BCUT2D eigenvalue weighted by Crippen LogP contribution is 2.20. The number of ether oxygens (including phenoxy) is 2. The van der Waals surface area contributed by atoms with E-state index in [9.17, 15) is 4.79 Å². The topological polar surface area (TPSA) is 42.0 Å². The first-order valence-electron chi connectivity index (χ1n) is 11.5. The van der Waals surface area contributed by atoms with Gasteiger partial charge < -0.3 is 14.4 Å². The second-order valence-electron chi connectivity index (χ2n) is 8.60. The molecule has 0 N–H and O–H groups in total. The number of carbonyl (C=O) groups is 1. The third kappa shape index (κ3) is 6.21. The quantitative estimate of drug-likeness (QED) is 0.560. The van der Waals surface area contributed by atoms with Crippen molar-refractivity contribution in [3.63, 3.8) is 0 Å². The monoisotopic (exact) mass is 444 g/mol. The summed E-state index contributed by atoms with van der Waals surface area (Å²) in [5.41, 5.74) is 4.28. The standard InChI is InChI=1S/C28H32N2O3/c1-22-11-13-25(14-12-22)28(31)29-15-16-33-21-30(19-24-9-6-10-27(18-24)32-2)26(20-29)17-23-7-4-3-5-8-23/h3-14,18,26H,15-17,19-21H2,1-2H3/t26-/m0/s1. The Hall–Kier alpha value is -3.15. The highest BCUT2D eigenvalue weighted by Gasteiger charge is 2.27. The molecule has 0 saturated carbocycles. The van der Waals surface area contributed by atoms with Crippen molar-refractivity contribution < 1.29 is 14.3 Å². The van der Waals surface area contributed by atoms with Crippen LogP contribution in [0.1, 0.15) is 27.0 Å². The number of methoxy groups -OCH3 is 1. The van der Waals surface area contributed by atoms with Crippen molar-refractivity contribution in [2.75, 3.05) is 33.5 Å². The number of rotatable bonds is 6. The van der Waals surface area contributed by atoms with Gasteiger partial charge in [-0.1, -0.05) is 60.2 Å². The Bertz CT molecular complexity index is 1040. The predicted octanol–water partition coefficient (Wildman–Crippen LogP) is 4.55. The summed E-state index contributed by atoms with van der Waals surface area (Å²) in [6.07, 6.45) is 0.839. The number of benzene rings is 3. The zero-order valence-electron chi connectivity index (χ0n) is 19.4. The van der Waals surface area contributed by atoms with Gasteiger partial charge in [0, 0.05) is 31.2 Å².